The number of guanidine groups is 1. The maximum absolute atomic E-state index is 5.94. The normalized spacial score (nSPS) is 22.8. The predicted octanol–water partition coefficient (Wildman–Crippen LogP) is 3.30. The van der Waals surface area contributed by atoms with Crippen molar-refractivity contribution in [3.63, 3.8) is 0 Å². The maximum Gasteiger partial charge on any atom is 0.193 e. The molecule has 2 fully saturated rings. The van der Waals surface area contributed by atoms with E-state index in [0.717, 1.165) is 83.1 Å². The van der Waals surface area contributed by atoms with Gasteiger partial charge in [0, 0.05) is 46.0 Å². The van der Waals surface area contributed by atoms with Gasteiger partial charge in [0.05, 0.1) is 6.10 Å². The highest BCUT2D eigenvalue weighted by atomic mass is 16.5. The summed E-state index contributed by atoms with van der Waals surface area (Å²) in [4.78, 5) is 7.31. The number of rotatable bonds is 9. The average molecular weight is 354 g/mol. The Kier molecular flexibility index (Phi) is 9.63. The summed E-state index contributed by atoms with van der Waals surface area (Å²) in [6.45, 7) is 13.4. The van der Waals surface area contributed by atoms with E-state index in [1.165, 1.54) is 19.3 Å². The number of nitrogens with zero attached hydrogens (tertiary/aromatic N) is 2. The summed E-state index contributed by atoms with van der Waals surface area (Å²) in [5.41, 5.74) is 0. The van der Waals surface area contributed by atoms with E-state index < -0.39 is 0 Å². The molecule has 5 nitrogen and oxygen atoms in total. The first-order valence-corrected chi connectivity index (χ1v) is 10.5. The Bertz CT molecular complexity index is 379. The van der Waals surface area contributed by atoms with Crippen molar-refractivity contribution in [2.75, 3.05) is 46.0 Å². The van der Waals surface area contributed by atoms with Crippen LogP contribution in [0.15, 0.2) is 4.99 Å². The molecule has 0 aliphatic carbocycles. The fourth-order valence-electron chi connectivity index (χ4n) is 4.09. The van der Waals surface area contributed by atoms with Gasteiger partial charge in [-0.15, -0.1) is 0 Å². The van der Waals surface area contributed by atoms with Crippen molar-refractivity contribution in [3.8, 4) is 0 Å². The highest BCUT2D eigenvalue weighted by Crippen LogP contribution is 2.28. The fourth-order valence-corrected chi connectivity index (χ4v) is 4.09. The Morgan fingerprint density at radius 1 is 1.20 bits per heavy atom. The largest absolute Gasteiger partial charge is 0.381 e. The van der Waals surface area contributed by atoms with Crippen molar-refractivity contribution in [3.05, 3.63) is 0 Å². The monoisotopic (exact) mass is 353 g/mol. The molecule has 2 aliphatic heterocycles. The van der Waals surface area contributed by atoms with Gasteiger partial charge < -0.3 is 19.7 Å². The van der Waals surface area contributed by atoms with Crippen molar-refractivity contribution < 1.29 is 9.47 Å². The average Bonchev–Trinajstić information content (AvgIpc) is 3.12. The third-order valence-electron chi connectivity index (χ3n) is 5.66. The Hall–Kier alpha value is -0.810. The number of aliphatic imine (C=N–C) groups is 1. The van der Waals surface area contributed by atoms with Crippen molar-refractivity contribution >= 4 is 5.96 Å². The summed E-state index contributed by atoms with van der Waals surface area (Å²) in [6, 6.07) is 0. The van der Waals surface area contributed by atoms with Gasteiger partial charge in [0.2, 0.25) is 0 Å². The molecule has 2 aliphatic rings. The summed E-state index contributed by atoms with van der Waals surface area (Å²) in [7, 11) is 0. The molecule has 0 bridgehead atoms. The van der Waals surface area contributed by atoms with Gasteiger partial charge in [-0.25, -0.2) is 0 Å². The van der Waals surface area contributed by atoms with Gasteiger partial charge in [0.15, 0.2) is 5.96 Å². The number of likely N-dealkylation sites (tertiary alicyclic amines) is 1. The smallest absolute Gasteiger partial charge is 0.193 e. The van der Waals surface area contributed by atoms with E-state index in [9.17, 15) is 0 Å². The first-order chi connectivity index (χ1) is 12.3. The van der Waals surface area contributed by atoms with E-state index in [4.69, 9.17) is 14.5 Å². The predicted molar refractivity (Wildman–Crippen MR) is 104 cm³/mol. The van der Waals surface area contributed by atoms with Crippen LogP contribution in [0, 0.1) is 11.8 Å². The third kappa shape index (κ3) is 6.78. The molecule has 25 heavy (non-hydrogen) atoms. The molecule has 146 valence electrons. The standard InChI is InChI=1S/C20H39N3O2/c1-4-17(5-2)18-8-12-23(16-18)20(21-6-3)22-11-7-13-25-19-9-14-24-15-10-19/h17-19H,4-16H2,1-3H3,(H,21,22). The molecule has 0 spiro atoms. The molecule has 0 aromatic heterocycles. The Labute approximate surface area is 154 Å². The van der Waals surface area contributed by atoms with Crippen LogP contribution < -0.4 is 5.32 Å². The van der Waals surface area contributed by atoms with E-state index >= 15 is 0 Å². The zero-order chi connectivity index (χ0) is 17.9. The quantitative estimate of drug-likeness (QED) is 0.392. The molecule has 2 saturated heterocycles. The molecule has 0 radical (unpaired) electrons. The molecule has 0 aromatic carbocycles. The zero-order valence-electron chi connectivity index (χ0n) is 16.6. The minimum Gasteiger partial charge on any atom is -0.381 e. The molecule has 1 unspecified atom stereocenters. The van der Waals surface area contributed by atoms with Gasteiger partial charge in [0.1, 0.15) is 0 Å². The fraction of sp³-hybridized carbons (Fsp3) is 0.950. The minimum atomic E-state index is 0.394. The maximum atomic E-state index is 5.94. The van der Waals surface area contributed by atoms with Crippen molar-refractivity contribution in [1.29, 1.82) is 0 Å². The van der Waals surface area contributed by atoms with E-state index in [1.54, 1.807) is 0 Å². The first kappa shape index (κ1) is 20.5. The van der Waals surface area contributed by atoms with Crippen molar-refractivity contribution in [2.45, 2.75) is 65.4 Å². The molecular formula is C20H39N3O2. The second-order valence-electron chi connectivity index (χ2n) is 7.34. The molecule has 0 saturated carbocycles. The highest BCUT2D eigenvalue weighted by molar-refractivity contribution is 5.80. The SMILES string of the molecule is CCNC(=NCCCOC1CCOCC1)N1CCC(C(CC)CC)C1. The third-order valence-corrected chi connectivity index (χ3v) is 5.66. The summed E-state index contributed by atoms with van der Waals surface area (Å²) in [5, 5.41) is 3.48. The molecule has 5 heteroatoms. The second-order valence-corrected chi connectivity index (χ2v) is 7.34. The summed E-state index contributed by atoms with van der Waals surface area (Å²) < 4.78 is 11.3. The lowest BCUT2D eigenvalue weighted by molar-refractivity contribution is -0.0318. The minimum absolute atomic E-state index is 0.394. The number of hydrogen-bond donors (Lipinski definition) is 1. The van der Waals surface area contributed by atoms with E-state index in [-0.39, 0.29) is 0 Å². The molecule has 2 rings (SSSR count). The van der Waals surface area contributed by atoms with E-state index in [0.29, 0.717) is 6.10 Å². The Balaban J connectivity index is 1.72. The van der Waals surface area contributed by atoms with Crippen LogP contribution in [-0.2, 0) is 9.47 Å². The van der Waals surface area contributed by atoms with Crippen LogP contribution in [0.5, 0.6) is 0 Å². The topological polar surface area (TPSA) is 46.1 Å². The van der Waals surface area contributed by atoms with Gasteiger partial charge in [-0.3, -0.25) is 4.99 Å². The molecule has 1 atom stereocenters. The van der Waals surface area contributed by atoms with Gasteiger partial charge in [-0.2, -0.15) is 0 Å². The molecule has 0 amide bonds. The van der Waals surface area contributed by atoms with Gasteiger partial charge >= 0.3 is 0 Å². The van der Waals surface area contributed by atoms with Crippen LogP contribution in [-0.4, -0.2) is 63.0 Å². The molecular weight excluding hydrogens is 314 g/mol. The van der Waals surface area contributed by atoms with Crippen molar-refractivity contribution in [1.82, 2.24) is 10.2 Å². The lowest BCUT2D eigenvalue weighted by atomic mass is 9.87. The molecule has 2 heterocycles. The lowest BCUT2D eigenvalue weighted by Gasteiger charge is -2.24. The van der Waals surface area contributed by atoms with Crippen LogP contribution in [0.2, 0.25) is 0 Å². The number of nitrogens with one attached hydrogen (secondary N) is 1. The Morgan fingerprint density at radius 3 is 2.64 bits per heavy atom. The highest BCUT2D eigenvalue weighted by Gasteiger charge is 2.29. The summed E-state index contributed by atoms with van der Waals surface area (Å²) in [6.07, 6.45) is 7.37. The van der Waals surface area contributed by atoms with Gasteiger partial charge in [-0.1, -0.05) is 26.7 Å². The Morgan fingerprint density at radius 2 is 1.96 bits per heavy atom. The van der Waals surface area contributed by atoms with E-state index in [1.807, 2.05) is 0 Å². The second kappa shape index (κ2) is 11.7. The first-order valence-electron chi connectivity index (χ1n) is 10.5. The number of ether oxygens (including phenoxy) is 2. The van der Waals surface area contributed by atoms with Crippen LogP contribution in [0.25, 0.3) is 0 Å². The molecule has 1 N–H and O–H groups in total. The van der Waals surface area contributed by atoms with Crippen LogP contribution in [0.3, 0.4) is 0 Å². The van der Waals surface area contributed by atoms with Crippen LogP contribution in [0.1, 0.15) is 59.3 Å². The summed E-state index contributed by atoms with van der Waals surface area (Å²) >= 11 is 0. The van der Waals surface area contributed by atoms with Crippen LogP contribution >= 0.6 is 0 Å². The number of hydrogen-bond acceptors (Lipinski definition) is 3. The van der Waals surface area contributed by atoms with Gasteiger partial charge in [0.25, 0.3) is 0 Å². The van der Waals surface area contributed by atoms with E-state index in [2.05, 4.69) is 31.0 Å². The lowest BCUT2D eigenvalue weighted by Crippen LogP contribution is -2.40. The molecule has 0 aromatic rings. The summed E-state index contributed by atoms with van der Waals surface area (Å²) in [5.74, 6) is 2.79. The van der Waals surface area contributed by atoms with Gasteiger partial charge in [-0.05, 0) is 44.4 Å². The van der Waals surface area contributed by atoms with Crippen molar-refractivity contribution in [2.24, 2.45) is 16.8 Å². The zero-order valence-corrected chi connectivity index (χ0v) is 16.6. The van der Waals surface area contributed by atoms with Crippen LogP contribution in [0.4, 0.5) is 0 Å².